The van der Waals surface area contributed by atoms with Crippen LogP contribution in [0.2, 0.25) is 10.0 Å². The van der Waals surface area contributed by atoms with Crippen LogP contribution in [0.25, 0.3) is 0 Å². The summed E-state index contributed by atoms with van der Waals surface area (Å²) in [7, 11) is -3.74. The van der Waals surface area contributed by atoms with Crippen LogP contribution in [-0.2, 0) is 14.8 Å². The maximum absolute atomic E-state index is 12.8. The molecule has 5 nitrogen and oxygen atoms in total. The predicted molar refractivity (Wildman–Crippen MR) is 115 cm³/mol. The van der Waals surface area contributed by atoms with Crippen LogP contribution in [-0.4, -0.2) is 32.4 Å². The van der Waals surface area contributed by atoms with Crippen molar-refractivity contribution in [2.75, 3.05) is 21.6 Å². The van der Waals surface area contributed by atoms with Crippen molar-refractivity contribution in [3.05, 3.63) is 52.5 Å². The molecule has 27 heavy (non-hydrogen) atoms. The van der Waals surface area contributed by atoms with Crippen LogP contribution in [0.3, 0.4) is 0 Å². The highest BCUT2D eigenvalue weighted by Gasteiger charge is 2.29. The van der Waals surface area contributed by atoms with Crippen LogP contribution < -0.4 is 9.62 Å². The molecule has 0 saturated carbocycles. The molecule has 2 aromatic carbocycles. The highest BCUT2D eigenvalue weighted by molar-refractivity contribution is 7.99. The summed E-state index contributed by atoms with van der Waals surface area (Å²) in [6.45, 7) is 3.54. The number of hydrogen-bond acceptors (Lipinski definition) is 4. The summed E-state index contributed by atoms with van der Waals surface area (Å²) in [6, 6.07) is 10.8. The van der Waals surface area contributed by atoms with Crippen molar-refractivity contribution >= 4 is 62.3 Å². The first-order valence-corrected chi connectivity index (χ1v) is 11.7. The number of carbonyl (C=O) groups is 1. The van der Waals surface area contributed by atoms with Crippen LogP contribution in [0.5, 0.6) is 0 Å². The fraction of sp³-hybridized carbons (Fsp3) is 0.278. The van der Waals surface area contributed by atoms with Crippen molar-refractivity contribution in [3.63, 3.8) is 0 Å². The van der Waals surface area contributed by atoms with Gasteiger partial charge >= 0.3 is 0 Å². The van der Waals surface area contributed by atoms with E-state index in [1.165, 1.54) is 25.1 Å². The molecule has 0 unspecified atom stereocenters. The van der Waals surface area contributed by atoms with Crippen molar-refractivity contribution in [2.24, 2.45) is 0 Å². The molecule has 0 saturated heterocycles. The maximum atomic E-state index is 12.8. The quantitative estimate of drug-likeness (QED) is 0.614. The molecule has 0 aliphatic rings. The monoisotopic (exact) mass is 446 g/mol. The fourth-order valence-corrected chi connectivity index (χ4v) is 4.74. The number of rotatable bonds is 7. The zero-order valence-electron chi connectivity index (χ0n) is 15.1. The minimum absolute atomic E-state index is 0.208. The van der Waals surface area contributed by atoms with Crippen molar-refractivity contribution in [3.8, 4) is 0 Å². The van der Waals surface area contributed by atoms with Crippen LogP contribution in [0.1, 0.15) is 13.8 Å². The second-order valence-corrected chi connectivity index (χ2v) is 9.73. The number of benzene rings is 2. The molecule has 1 amide bonds. The van der Waals surface area contributed by atoms with Gasteiger partial charge in [0.15, 0.2) is 0 Å². The summed E-state index contributed by atoms with van der Waals surface area (Å²) in [5.74, 6) is 0.400. The average molecular weight is 447 g/mol. The molecular formula is C18H20Cl2N2O3S2. The maximum Gasteiger partial charge on any atom is 0.248 e. The van der Waals surface area contributed by atoms with Crippen LogP contribution in [0.4, 0.5) is 11.4 Å². The molecule has 0 aliphatic carbocycles. The van der Waals surface area contributed by atoms with E-state index in [4.69, 9.17) is 23.2 Å². The van der Waals surface area contributed by atoms with Crippen molar-refractivity contribution in [1.82, 2.24) is 0 Å². The molecule has 2 rings (SSSR count). The van der Waals surface area contributed by atoms with E-state index in [1.54, 1.807) is 17.8 Å². The number of thioether (sulfide) groups is 1. The van der Waals surface area contributed by atoms with Gasteiger partial charge in [-0.15, -0.1) is 11.8 Å². The number of para-hydroxylation sites is 1. The molecule has 146 valence electrons. The highest BCUT2D eigenvalue weighted by Crippen LogP contribution is 2.31. The lowest BCUT2D eigenvalue weighted by molar-refractivity contribution is -0.116. The molecule has 0 heterocycles. The molecule has 1 N–H and O–H groups in total. The van der Waals surface area contributed by atoms with Gasteiger partial charge in [0.1, 0.15) is 6.04 Å². The number of sulfonamides is 1. The Bertz CT molecular complexity index is 936. The Morgan fingerprint density at radius 2 is 1.85 bits per heavy atom. The summed E-state index contributed by atoms with van der Waals surface area (Å²) < 4.78 is 25.8. The molecule has 2 aromatic rings. The zero-order valence-corrected chi connectivity index (χ0v) is 18.2. The lowest BCUT2D eigenvalue weighted by Gasteiger charge is -2.28. The van der Waals surface area contributed by atoms with E-state index >= 15 is 0 Å². The van der Waals surface area contributed by atoms with Gasteiger partial charge in [0.2, 0.25) is 15.9 Å². The highest BCUT2D eigenvalue weighted by atomic mass is 35.5. The predicted octanol–water partition coefficient (Wildman–Crippen LogP) is 4.90. The second-order valence-electron chi connectivity index (χ2n) is 5.75. The molecule has 0 fully saturated rings. The first-order valence-electron chi connectivity index (χ1n) is 8.12. The van der Waals surface area contributed by atoms with E-state index in [0.29, 0.717) is 10.7 Å². The summed E-state index contributed by atoms with van der Waals surface area (Å²) in [5.41, 5.74) is 0.912. The number of carbonyl (C=O) groups excluding carboxylic acids is 1. The van der Waals surface area contributed by atoms with Gasteiger partial charge in [0.25, 0.3) is 0 Å². The van der Waals surface area contributed by atoms with E-state index < -0.39 is 22.0 Å². The van der Waals surface area contributed by atoms with Gasteiger partial charge in [-0.1, -0.05) is 42.3 Å². The normalized spacial score (nSPS) is 12.5. The topological polar surface area (TPSA) is 66.5 Å². The molecule has 0 aliphatic heterocycles. The van der Waals surface area contributed by atoms with Crippen molar-refractivity contribution in [1.29, 1.82) is 0 Å². The lowest BCUT2D eigenvalue weighted by atomic mass is 10.2. The van der Waals surface area contributed by atoms with Crippen molar-refractivity contribution < 1.29 is 13.2 Å². The molecule has 0 aromatic heterocycles. The number of nitrogens with zero attached hydrogens (tertiary/aromatic N) is 1. The SMILES string of the molecule is CCSc1ccccc1NC(=O)[C@@H](C)N(c1ccc(Cl)c(Cl)c1)S(C)(=O)=O. The first-order chi connectivity index (χ1) is 12.6. The Balaban J connectivity index is 2.34. The third-order valence-corrected chi connectivity index (χ3v) is 6.63. The van der Waals surface area contributed by atoms with Gasteiger partial charge in [-0.3, -0.25) is 9.10 Å². The van der Waals surface area contributed by atoms with Gasteiger partial charge in [0.05, 0.1) is 27.7 Å². The van der Waals surface area contributed by atoms with Crippen molar-refractivity contribution in [2.45, 2.75) is 24.8 Å². The summed E-state index contributed by atoms with van der Waals surface area (Å²) in [4.78, 5) is 13.7. The molecule has 0 bridgehead atoms. The minimum atomic E-state index is -3.74. The van der Waals surface area contributed by atoms with E-state index in [0.717, 1.165) is 21.2 Å². The molecule has 0 spiro atoms. The van der Waals surface area contributed by atoms with Crippen LogP contribution in [0, 0.1) is 0 Å². The number of halogens is 2. The van der Waals surface area contributed by atoms with Crippen LogP contribution >= 0.6 is 35.0 Å². The Morgan fingerprint density at radius 1 is 1.19 bits per heavy atom. The molecule has 0 radical (unpaired) electrons. The van der Waals surface area contributed by atoms with E-state index in [9.17, 15) is 13.2 Å². The van der Waals surface area contributed by atoms with Gasteiger partial charge in [0, 0.05) is 4.90 Å². The number of anilines is 2. The van der Waals surface area contributed by atoms with Gasteiger partial charge in [-0.2, -0.15) is 0 Å². The van der Waals surface area contributed by atoms with E-state index in [2.05, 4.69) is 5.32 Å². The van der Waals surface area contributed by atoms with Crippen LogP contribution in [0.15, 0.2) is 47.4 Å². The Hall–Kier alpha value is -1.41. The summed E-state index contributed by atoms with van der Waals surface area (Å²) in [6.07, 6.45) is 1.04. The first kappa shape index (κ1) is 21.9. The summed E-state index contributed by atoms with van der Waals surface area (Å²) in [5, 5.41) is 3.33. The molecular weight excluding hydrogens is 427 g/mol. The summed E-state index contributed by atoms with van der Waals surface area (Å²) >= 11 is 13.5. The third-order valence-electron chi connectivity index (χ3n) is 3.69. The zero-order chi connectivity index (χ0) is 20.2. The Labute approximate surface area is 174 Å². The Kier molecular flexibility index (Phi) is 7.45. The number of nitrogens with one attached hydrogen (secondary N) is 1. The van der Waals surface area contributed by atoms with E-state index in [1.807, 2.05) is 25.1 Å². The van der Waals surface area contributed by atoms with Gasteiger partial charge < -0.3 is 5.32 Å². The second kappa shape index (κ2) is 9.19. The fourth-order valence-electron chi connectivity index (χ4n) is 2.52. The smallest absolute Gasteiger partial charge is 0.248 e. The molecule has 9 heteroatoms. The van der Waals surface area contributed by atoms with E-state index in [-0.39, 0.29) is 10.7 Å². The molecule has 1 atom stereocenters. The van der Waals surface area contributed by atoms with Gasteiger partial charge in [-0.05, 0) is 43.0 Å². The largest absolute Gasteiger partial charge is 0.323 e. The van der Waals surface area contributed by atoms with Gasteiger partial charge in [-0.25, -0.2) is 8.42 Å². The Morgan fingerprint density at radius 3 is 2.44 bits per heavy atom. The third kappa shape index (κ3) is 5.54. The number of hydrogen-bond donors (Lipinski definition) is 1. The lowest BCUT2D eigenvalue weighted by Crippen LogP contribution is -2.45. The minimum Gasteiger partial charge on any atom is -0.323 e. The standard InChI is InChI=1S/C18H20Cl2N2O3S2/c1-4-26-17-8-6-5-7-16(17)21-18(23)12(2)22(27(3,24)25)13-9-10-14(19)15(20)11-13/h5-12H,4H2,1-3H3,(H,21,23)/t12-/m1/s1. The average Bonchev–Trinajstić information content (AvgIpc) is 2.59. The number of amides is 1.